The first kappa shape index (κ1) is 19.6. The van der Waals surface area contributed by atoms with Crippen LogP contribution in [0.25, 0.3) is 0 Å². The Morgan fingerprint density at radius 3 is 2.43 bits per heavy atom. The van der Waals surface area contributed by atoms with Gasteiger partial charge < -0.3 is 9.80 Å². The van der Waals surface area contributed by atoms with Crippen LogP contribution in [0.3, 0.4) is 0 Å². The van der Waals surface area contributed by atoms with E-state index in [9.17, 15) is 4.79 Å². The van der Waals surface area contributed by atoms with E-state index in [0.29, 0.717) is 16.5 Å². The number of piperazine rings is 1. The highest BCUT2D eigenvalue weighted by Gasteiger charge is 2.24. The Morgan fingerprint density at radius 2 is 1.64 bits per heavy atom. The number of carbonyl (C=O) groups excluding carboxylic acids is 1. The largest absolute Gasteiger partial charge is 0.368 e. The average Bonchev–Trinajstić information content (AvgIpc) is 2.70. The molecule has 0 radical (unpaired) electrons. The predicted molar refractivity (Wildman–Crippen MR) is 117 cm³/mol. The Bertz CT molecular complexity index is 849. The van der Waals surface area contributed by atoms with Crippen LogP contribution < -0.4 is 9.80 Å². The van der Waals surface area contributed by atoms with E-state index in [1.807, 2.05) is 23.1 Å². The molecule has 1 amide bonds. The van der Waals surface area contributed by atoms with Crippen LogP contribution in [0.5, 0.6) is 0 Å². The average molecular weight is 418 g/mol. The van der Waals surface area contributed by atoms with Crippen molar-refractivity contribution in [2.45, 2.75) is 19.3 Å². The van der Waals surface area contributed by atoms with Gasteiger partial charge >= 0.3 is 0 Å². The molecule has 0 bridgehead atoms. The third-order valence-corrected chi connectivity index (χ3v) is 6.21. The molecule has 4 nitrogen and oxygen atoms in total. The maximum Gasteiger partial charge on any atom is 0.227 e. The van der Waals surface area contributed by atoms with E-state index in [0.717, 1.165) is 63.5 Å². The van der Waals surface area contributed by atoms with Crippen LogP contribution in [-0.4, -0.2) is 50.1 Å². The zero-order chi connectivity index (χ0) is 19.5. The van der Waals surface area contributed by atoms with Gasteiger partial charge in [-0.1, -0.05) is 41.4 Å². The highest BCUT2D eigenvalue weighted by molar-refractivity contribution is 6.36. The van der Waals surface area contributed by atoms with Gasteiger partial charge in [0.1, 0.15) is 0 Å². The summed E-state index contributed by atoms with van der Waals surface area (Å²) < 4.78 is 0. The highest BCUT2D eigenvalue weighted by atomic mass is 35.5. The number of carbonyl (C=O) groups is 1. The van der Waals surface area contributed by atoms with Gasteiger partial charge in [0.05, 0.1) is 10.7 Å². The monoisotopic (exact) mass is 417 g/mol. The van der Waals surface area contributed by atoms with Gasteiger partial charge in [-0.25, -0.2) is 0 Å². The Balaban J connectivity index is 1.28. The summed E-state index contributed by atoms with van der Waals surface area (Å²) in [7, 11) is 0. The van der Waals surface area contributed by atoms with Gasteiger partial charge in [-0.2, -0.15) is 0 Å². The molecule has 148 valence electrons. The molecule has 2 aliphatic rings. The minimum Gasteiger partial charge on any atom is -0.368 e. The molecule has 0 aliphatic carbocycles. The van der Waals surface area contributed by atoms with Crippen LogP contribution in [0, 0.1) is 0 Å². The zero-order valence-electron chi connectivity index (χ0n) is 15.9. The van der Waals surface area contributed by atoms with Gasteiger partial charge in [-0.15, -0.1) is 0 Å². The minimum atomic E-state index is 0.251. The lowest BCUT2D eigenvalue weighted by atomic mass is 10.0. The molecular formula is C22H25Cl2N3O. The number of amides is 1. The zero-order valence-corrected chi connectivity index (χ0v) is 17.4. The van der Waals surface area contributed by atoms with E-state index in [-0.39, 0.29) is 5.91 Å². The van der Waals surface area contributed by atoms with Crippen LogP contribution in [0.1, 0.15) is 18.4 Å². The maximum atomic E-state index is 12.4. The Morgan fingerprint density at radius 1 is 0.857 bits per heavy atom. The van der Waals surface area contributed by atoms with E-state index in [1.54, 1.807) is 6.07 Å². The quantitative estimate of drug-likeness (QED) is 0.716. The van der Waals surface area contributed by atoms with Crippen LogP contribution in [0.4, 0.5) is 11.4 Å². The molecular weight excluding hydrogens is 393 g/mol. The number of rotatable bonds is 5. The highest BCUT2D eigenvalue weighted by Crippen LogP contribution is 2.30. The van der Waals surface area contributed by atoms with Gasteiger partial charge in [0, 0.05) is 49.9 Å². The van der Waals surface area contributed by atoms with E-state index in [2.05, 4.69) is 28.0 Å². The number of anilines is 2. The van der Waals surface area contributed by atoms with Crippen molar-refractivity contribution < 1.29 is 4.79 Å². The van der Waals surface area contributed by atoms with Crippen LogP contribution in [0.15, 0.2) is 42.5 Å². The van der Waals surface area contributed by atoms with E-state index >= 15 is 0 Å². The summed E-state index contributed by atoms with van der Waals surface area (Å²) in [6, 6.07) is 14.0. The number of hydrogen-bond acceptors (Lipinski definition) is 3. The van der Waals surface area contributed by atoms with Crippen molar-refractivity contribution in [1.29, 1.82) is 0 Å². The summed E-state index contributed by atoms with van der Waals surface area (Å²) in [4.78, 5) is 19.1. The van der Waals surface area contributed by atoms with E-state index < -0.39 is 0 Å². The molecule has 1 saturated heterocycles. The number of benzene rings is 2. The number of hydrogen-bond donors (Lipinski definition) is 0. The third-order valence-electron chi connectivity index (χ3n) is 5.67. The first-order valence-electron chi connectivity index (χ1n) is 9.92. The number of para-hydroxylation sites is 1. The molecule has 0 spiro atoms. The van der Waals surface area contributed by atoms with Crippen LogP contribution in [0.2, 0.25) is 10.0 Å². The number of nitrogens with zero attached hydrogens (tertiary/aromatic N) is 3. The summed E-state index contributed by atoms with van der Waals surface area (Å²) >= 11 is 12.3. The molecule has 0 aromatic heterocycles. The number of aryl methyl sites for hydroxylation is 1. The van der Waals surface area contributed by atoms with Crippen LogP contribution in [-0.2, 0) is 11.2 Å². The second-order valence-corrected chi connectivity index (χ2v) is 8.30. The Labute approximate surface area is 176 Å². The number of fused-ring (bicyclic) bond motifs is 1. The molecule has 6 heteroatoms. The Kier molecular flexibility index (Phi) is 6.10. The second kappa shape index (κ2) is 8.73. The lowest BCUT2D eigenvalue weighted by Gasteiger charge is -2.37. The van der Waals surface area contributed by atoms with Crippen molar-refractivity contribution in [2.75, 3.05) is 49.1 Å². The fourth-order valence-corrected chi connectivity index (χ4v) is 4.67. The summed E-state index contributed by atoms with van der Waals surface area (Å²) in [5.74, 6) is 0.251. The van der Waals surface area contributed by atoms with Gasteiger partial charge in [-0.3, -0.25) is 9.69 Å². The molecule has 2 aromatic carbocycles. The fraction of sp³-hybridized carbons (Fsp3) is 0.409. The Hall–Kier alpha value is -1.75. The van der Waals surface area contributed by atoms with E-state index in [4.69, 9.17) is 23.2 Å². The van der Waals surface area contributed by atoms with Crippen molar-refractivity contribution in [3.8, 4) is 0 Å². The third kappa shape index (κ3) is 4.29. The molecule has 0 atom stereocenters. The first-order chi connectivity index (χ1) is 13.6. The lowest BCUT2D eigenvalue weighted by Crippen LogP contribution is -2.47. The van der Waals surface area contributed by atoms with Gasteiger partial charge in [0.15, 0.2) is 0 Å². The minimum absolute atomic E-state index is 0.251. The smallest absolute Gasteiger partial charge is 0.227 e. The molecule has 0 saturated carbocycles. The molecule has 2 aromatic rings. The van der Waals surface area contributed by atoms with Gasteiger partial charge in [-0.05, 0) is 49.2 Å². The fourth-order valence-electron chi connectivity index (χ4n) is 4.14. The maximum absolute atomic E-state index is 12.4. The molecule has 0 unspecified atom stereocenters. The molecule has 1 fully saturated rings. The van der Waals surface area contributed by atoms with Gasteiger partial charge in [0.2, 0.25) is 5.91 Å². The van der Waals surface area contributed by atoms with Crippen molar-refractivity contribution in [3.63, 3.8) is 0 Å². The first-order valence-corrected chi connectivity index (χ1v) is 10.7. The lowest BCUT2D eigenvalue weighted by molar-refractivity contribution is -0.118. The van der Waals surface area contributed by atoms with Crippen LogP contribution >= 0.6 is 23.2 Å². The predicted octanol–water partition coefficient (Wildman–Crippen LogP) is 4.48. The van der Waals surface area contributed by atoms with Gasteiger partial charge in [0.25, 0.3) is 0 Å². The van der Waals surface area contributed by atoms with Crippen molar-refractivity contribution in [2.24, 2.45) is 0 Å². The topological polar surface area (TPSA) is 26.8 Å². The standard InChI is InChI=1S/C22H25Cl2N3O/c23-18-7-8-21(19(24)16-18)26-14-12-25(13-15-26)10-3-11-27-20-5-2-1-4-17(20)6-9-22(27)28/h1-2,4-5,7-8,16H,3,6,9-15H2. The van der Waals surface area contributed by atoms with E-state index in [1.165, 1.54) is 5.56 Å². The second-order valence-electron chi connectivity index (χ2n) is 7.45. The summed E-state index contributed by atoms with van der Waals surface area (Å²) in [6.45, 7) is 5.71. The number of halogens is 2. The summed E-state index contributed by atoms with van der Waals surface area (Å²) in [5.41, 5.74) is 3.44. The molecule has 28 heavy (non-hydrogen) atoms. The summed E-state index contributed by atoms with van der Waals surface area (Å²) in [6.07, 6.45) is 2.47. The molecule has 0 N–H and O–H groups in total. The normalized spacial score (nSPS) is 17.7. The van der Waals surface area contributed by atoms with Crippen molar-refractivity contribution >= 4 is 40.5 Å². The van der Waals surface area contributed by atoms with Crippen molar-refractivity contribution in [3.05, 3.63) is 58.1 Å². The SMILES string of the molecule is O=C1CCc2ccccc2N1CCCN1CCN(c2ccc(Cl)cc2Cl)CC1. The molecule has 2 heterocycles. The molecule has 2 aliphatic heterocycles. The van der Waals surface area contributed by atoms with Crippen molar-refractivity contribution in [1.82, 2.24) is 4.90 Å². The molecule has 4 rings (SSSR count). The summed E-state index contributed by atoms with van der Waals surface area (Å²) in [5, 5.41) is 1.38.